The molecule has 0 fully saturated rings. The number of pyridine rings is 2. The van der Waals surface area contributed by atoms with Gasteiger partial charge in [-0.1, -0.05) is 13.3 Å². The molecular formula is C14H18N2+2. The summed E-state index contributed by atoms with van der Waals surface area (Å²) >= 11 is 0. The monoisotopic (exact) mass is 214 g/mol. The van der Waals surface area contributed by atoms with Gasteiger partial charge in [-0.05, 0) is 24.5 Å². The number of unbranched alkanes of at least 4 members (excludes halogenated alkanes) is 1. The van der Waals surface area contributed by atoms with E-state index in [1.54, 1.807) is 0 Å². The number of rotatable bonds is 4. The zero-order valence-corrected chi connectivity index (χ0v) is 9.66. The molecule has 2 aromatic heterocycles. The van der Waals surface area contributed by atoms with Crippen LogP contribution in [0.5, 0.6) is 0 Å². The van der Waals surface area contributed by atoms with Gasteiger partial charge in [-0.3, -0.25) is 0 Å². The van der Waals surface area contributed by atoms with Crippen LogP contribution in [0.15, 0.2) is 42.7 Å². The third-order valence-corrected chi connectivity index (χ3v) is 2.68. The van der Waals surface area contributed by atoms with Crippen LogP contribution in [0.4, 0.5) is 0 Å². The molecule has 0 unspecified atom stereocenters. The number of hydrogen-bond donors (Lipinski definition) is 0. The maximum atomic E-state index is 3.27. The van der Waals surface area contributed by atoms with Crippen LogP contribution in [-0.2, 0) is 6.42 Å². The van der Waals surface area contributed by atoms with Gasteiger partial charge >= 0.3 is 0 Å². The number of hydrogen-bond acceptors (Lipinski definition) is 0. The highest BCUT2D eigenvalue weighted by atomic mass is 14.8. The van der Waals surface area contributed by atoms with E-state index < -0.39 is 0 Å². The predicted octanol–water partition coefficient (Wildman–Crippen LogP) is 2.32. The molecule has 0 aromatic carbocycles. The lowest BCUT2D eigenvalue weighted by Crippen LogP contribution is -2.14. The highest BCUT2D eigenvalue weighted by Gasteiger charge is 2.11. The molecule has 0 saturated heterocycles. The molecule has 2 aromatic rings. The second-order valence-electron chi connectivity index (χ2n) is 3.99. The second-order valence-corrected chi connectivity index (χ2v) is 3.99. The largest absolute Gasteiger partial charge is 0.275 e. The molecule has 0 bridgehead atoms. The van der Waals surface area contributed by atoms with Crippen LogP contribution in [0.25, 0.3) is 11.4 Å². The van der Waals surface area contributed by atoms with E-state index in [0.29, 0.717) is 0 Å². The lowest BCUT2D eigenvalue weighted by atomic mass is 10.1. The van der Waals surface area contributed by atoms with Gasteiger partial charge in [0.15, 0.2) is 12.4 Å². The molecular weight excluding hydrogens is 196 g/mol. The summed E-state index contributed by atoms with van der Waals surface area (Å²) in [7, 11) is 0. The maximum absolute atomic E-state index is 3.27. The van der Waals surface area contributed by atoms with Crippen molar-refractivity contribution in [3.8, 4) is 11.4 Å². The molecule has 2 heterocycles. The van der Waals surface area contributed by atoms with Gasteiger partial charge in [0.2, 0.25) is 0 Å². The summed E-state index contributed by atoms with van der Waals surface area (Å²) in [6, 6.07) is 10.5. The summed E-state index contributed by atoms with van der Waals surface area (Å²) in [5.41, 5.74) is 3.67. The number of H-pyrrole nitrogens is 2. The third kappa shape index (κ3) is 2.66. The molecule has 0 aliphatic carbocycles. The molecule has 82 valence electrons. The number of aromatic nitrogens is 2. The van der Waals surface area contributed by atoms with Gasteiger partial charge in [0.1, 0.15) is 0 Å². The van der Waals surface area contributed by atoms with Crippen LogP contribution in [0.3, 0.4) is 0 Å². The Morgan fingerprint density at radius 1 is 1.00 bits per heavy atom. The van der Waals surface area contributed by atoms with E-state index in [1.807, 2.05) is 24.5 Å². The van der Waals surface area contributed by atoms with Gasteiger partial charge < -0.3 is 0 Å². The van der Waals surface area contributed by atoms with Crippen LogP contribution >= 0.6 is 0 Å². The first-order chi connectivity index (χ1) is 7.90. The van der Waals surface area contributed by atoms with E-state index in [4.69, 9.17) is 0 Å². The summed E-state index contributed by atoms with van der Waals surface area (Å²) in [4.78, 5) is 6.51. The Labute approximate surface area is 96.4 Å². The van der Waals surface area contributed by atoms with Crippen LogP contribution < -0.4 is 9.97 Å². The summed E-state index contributed by atoms with van der Waals surface area (Å²) < 4.78 is 0. The van der Waals surface area contributed by atoms with Crippen LogP contribution in [-0.4, -0.2) is 0 Å². The Balaban J connectivity index is 2.22. The van der Waals surface area contributed by atoms with E-state index in [-0.39, 0.29) is 0 Å². The van der Waals surface area contributed by atoms with Gasteiger partial charge in [-0.15, -0.1) is 0 Å². The van der Waals surface area contributed by atoms with Gasteiger partial charge in [-0.2, -0.15) is 0 Å². The fourth-order valence-corrected chi connectivity index (χ4v) is 1.77. The van der Waals surface area contributed by atoms with E-state index in [9.17, 15) is 0 Å². The molecule has 2 heteroatoms. The van der Waals surface area contributed by atoms with Crippen molar-refractivity contribution in [2.24, 2.45) is 0 Å². The minimum absolute atomic E-state index is 1.13. The van der Waals surface area contributed by atoms with Crippen molar-refractivity contribution in [3.05, 3.63) is 48.3 Å². The quantitative estimate of drug-likeness (QED) is 0.747. The minimum Gasteiger partial charge on any atom is -0.206 e. The molecule has 0 aliphatic heterocycles. The molecule has 16 heavy (non-hydrogen) atoms. The first-order valence-electron chi connectivity index (χ1n) is 5.88. The highest BCUT2D eigenvalue weighted by molar-refractivity contribution is 5.46. The van der Waals surface area contributed by atoms with Crippen molar-refractivity contribution >= 4 is 0 Å². The summed E-state index contributed by atoms with van der Waals surface area (Å²) in [5.74, 6) is 0. The van der Waals surface area contributed by atoms with Crippen LogP contribution in [0.1, 0.15) is 25.3 Å². The lowest BCUT2D eigenvalue weighted by molar-refractivity contribution is -0.402. The van der Waals surface area contributed by atoms with Crippen molar-refractivity contribution in [1.29, 1.82) is 0 Å². The molecule has 0 spiro atoms. The Hall–Kier alpha value is -1.70. The van der Waals surface area contributed by atoms with Crippen molar-refractivity contribution in [3.63, 3.8) is 0 Å². The van der Waals surface area contributed by atoms with Gasteiger partial charge in [0, 0.05) is 24.3 Å². The summed E-state index contributed by atoms with van der Waals surface area (Å²) in [6.07, 6.45) is 7.61. The van der Waals surface area contributed by atoms with Crippen molar-refractivity contribution < 1.29 is 9.97 Å². The normalized spacial score (nSPS) is 10.3. The zero-order valence-electron chi connectivity index (χ0n) is 9.66. The number of nitrogens with one attached hydrogen (secondary N) is 2. The Morgan fingerprint density at radius 2 is 1.88 bits per heavy atom. The molecule has 0 aliphatic rings. The summed E-state index contributed by atoms with van der Waals surface area (Å²) in [6.45, 7) is 2.22. The summed E-state index contributed by atoms with van der Waals surface area (Å²) in [5, 5.41) is 0. The zero-order chi connectivity index (χ0) is 11.2. The second kappa shape index (κ2) is 5.40. The Morgan fingerprint density at radius 3 is 2.62 bits per heavy atom. The molecule has 0 radical (unpaired) electrons. The van der Waals surface area contributed by atoms with Crippen molar-refractivity contribution in [2.75, 3.05) is 0 Å². The van der Waals surface area contributed by atoms with Gasteiger partial charge in [0.05, 0.1) is 0 Å². The van der Waals surface area contributed by atoms with E-state index in [1.165, 1.54) is 18.4 Å². The first kappa shape index (κ1) is 10.8. The van der Waals surface area contributed by atoms with E-state index in [2.05, 4.69) is 35.1 Å². The molecule has 0 saturated carbocycles. The average Bonchev–Trinajstić information content (AvgIpc) is 2.38. The van der Waals surface area contributed by atoms with E-state index >= 15 is 0 Å². The van der Waals surface area contributed by atoms with Gasteiger partial charge in [-0.25, -0.2) is 9.97 Å². The first-order valence-corrected chi connectivity index (χ1v) is 5.88. The number of aryl methyl sites for hydroxylation is 1. The Bertz CT molecular complexity index is 437. The van der Waals surface area contributed by atoms with Crippen molar-refractivity contribution in [1.82, 2.24) is 0 Å². The van der Waals surface area contributed by atoms with E-state index in [0.717, 1.165) is 17.8 Å². The maximum Gasteiger partial charge on any atom is 0.275 e. The van der Waals surface area contributed by atoms with Crippen LogP contribution in [0.2, 0.25) is 0 Å². The molecule has 2 nitrogen and oxygen atoms in total. The third-order valence-electron chi connectivity index (χ3n) is 2.68. The highest BCUT2D eigenvalue weighted by Crippen LogP contribution is 2.11. The fraction of sp³-hybridized carbons (Fsp3) is 0.286. The SMILES string of the molecule is CCCCc1cc[nH+]c(-c2cccc[nH+]2)c1. The fourth-order valence-electron chi connectivity index (χ4n) is 1.77. The molecule has 2 N–H and O–H groups in total. The topological polar surface area (TPSA) is 28.3 Å². The predicted molar refractivity (Wildman–Crippen MR) is 63.6 cm³/mol. The van der Waals surface area contributed by atoms with Crippen molar-refractivity contribution in [2.45, 2.75) is 26.2 Å². The molecule has 0 atom stereocenters. The standard InChI is InChI=1S/C14H16N2/c1-2-3-6-12-8-10-16-14(11-12)13-7-4-5-9-15-13/h4-5,7-11H,2-3,6H2,1H3/p+2. The minimum atomic E-state index is 1.13. The van der Waals surface area contributed by atoms with Crippen LogP contribution in [0, 0.1) is 0 Å². The molecule has 0 amide bonds. The number of aromatic amines is 2. The average molecular weight is 214 g/mol. The molecule has 2 rings (SSSR count). The lowest BCUT2D eigenvalue weighted by Gasteiger charge is -1.97. The van der Waals surface area contributed by atoms with Gasteiger partial charge in [0.25, 0.3) is 11.4 Å². The smallest absolute Gasteiger partial charge is 0.206 e. The Kier molecular flexibility index (Phi) is 3.65.